The van der Waals surface area contributed by atoms with E-state index in [4.69, 9.17) is 11.6 Å². The Morgan fingerprint density at radius 1 is 0.697 bits per heavy atom. The number of hydrogen-bond acceptors (Lipinski definition) is 10. The number of amides is 2. The number of aryl methyl sites for hydroxylation is 1. The Kier molecular flexibility index (Phi) is 9.58. The van der Waals surface area contributed by atoms with Crippen LogP contribution in [-0.2, 0) is 33.2 Å². The van der Waals surface area contributed by atoms with Gasteiger partial charge in [-0.1, -0.05) is 11.6 Å². The number of anilines is 4. The summed E-state index contributed by atoms with van der Waals surface area (Å²) in [7, 11) is 3.75. The molecule has 0 saturated heterocycles. The number of likely N-dealkylation sites (N-methyl/N-ethyl adjacent to an activating group) is 1. The summed E-state index contributed by atoms with van der Waals surface area (Å²) in [5.74, 6) is 3.46. The van der Waals surface area contributed by atoms with Crippen molar-refractivity contribution in [3.8, 4) is 11.1 Å². The molecular weight excluding hydrogens is 858 g/mol. The standard InChI is InChI=1S/C31H32N8O3.C18H16ClN3O2/c1-35-7-10-39-21(16-35)13-27(34-39)33-25-12-20(15-36(2)30(25)41)22-5-6-32-29(24(22)17-40)38-9-8-37-26(31(38)42)14-23-18-3-4-19(11-18)28(23)37;19-14-3-4-20-17(13(14)9-23)22-6-5-21-15(18(22)24)8-12-10-1-2-11(7-10)16(12)21/h5-6,12-15,17-19H,3-4,7-11,16H2,1-2H3,(H,33,34);3-4,8-11H,1-2,5-7H2/t18-,19+;10-,11+/m11/s1. The summed E-state index contributed by atoms with van der Waals surface area (Å²) in [5, 5.41) is 8.17. The fraction of sp³-hybridized carbons (Fsp3) is 0.388. The molecule has 7 aliphatic rings. The molecule has 6 aromatic rings. The molecule has 4 bridgehead atoms. The van der Waals surface area contributed by atoms with E-state index in [0.717, 1.165) is 43.9 Å². The van der Waals surface area contributed by atoms with Crippen molar-refractivity contribution >= 4 is 59.1 Å². The number of rotatable bonds is 7. The minimum Gasteiger partial charge on any atom is -0.338 e. The lowest BCUT2D eigenvalue weighted by atomic mass is 9.98. The summed E-state index contributed by atoms with van der Waals surface area (Å²) in [6.07, 6.45) is 13.6. The minimum absolute atomic E-state index is 0.0899. The second-order valence-electron chi connectivity index (χ2n) is 18.9. The van der Waals surface area contributed by atoms with Gasteiger partial charge in [0, 0.05) is 99.8 Å². The van der Waals surface area contributed by atoms with Gasteiger partial charge >= 0.3 is 0 Å². The normalized spacial score (nSPS) is 22.1. The van der Waals surface area contributed by atoms with Gasteiger partial charge in [0.15, 0.2) is 18.4 Å². The molecule has 2 saturated carbocycles. The van der Waals surface area contributed by atoms with Crippen molar-refractivity contribution < 1.29 is 19.2 Å². The molecule has 17 heteroatoms. The highest BCUT2D eigenvalue weighted by Crippen LogP contribution is 2.55. The number of carbonyl (C=O) groups is 4. The Morgan fingerprint density at radius 3 is 1.91 bits per heavy atom. The largest absolute Gasteiger partial charge is 0.338 e. The molecule has 16 nitrogen and oxygen atoms in total. The molecule has 13 rings (SSSR count). The van der Waals surface area contributed by atoms with Gasteiger partial charge in [-0.15, -0.1) is 0 Å². The summed E-state index contributed by atoms with van der Waals surface area (Å²) in [6, 6.07) is 11.2. The van der Waals surface area contributed by atoms with Crippen LogP contribution in [0.5, 0.6) is 0 Å². The maximum Gasteiger partial charge on any atom is 0.276 e. The van der Waals surface area contributed by atoms with Crippen LogP contribution in [0, 0.1) is 0 Å². The Bertz CT molecular complexity index is 3130. The Balaban J connectivity index is 0.000000160. The van der Waals surface area contributed by atoms with Gasteiger partial charge in [0.1, 0.15) is 28.7 Å². The van der Waals surface area contributed by atoms with E-state index in [2.05, 4.69) is 53.6 Å². The van der Waals surface area contributed by atoms with Gasteiger partial charge in [0.25, 0.3) is 17.4 Å². The summed E-state index contributed by atoms with van der Waals surface area (Å²) in [5.41, 5.74) is 9.94. The number of pyridine rings is 3. The molecule has 0 aromatic carbocycles. The maximum absolute atomic E-state index is 13.8. The zero-order chi connectivity index (χ0) is 45.1. The summed E-state index contributed by atoms with van der Waals surface area (Å²) >= 11 is 6.09. The van der Waals surface area contributed by atoms with E-state index in [-0.39, 0.29) is 22.9 Å². The van der Waals surface area contributed by atoms with E-state index in [1.807, 2.05) is 10.7 Å². The fourth-order valence-electron chi connectivity index (χ4n) is 12.2. The molecule has 2 fully saturated rings. The molecule has 9 heterocycles. The number of halogens is 1. The number of fused-ring (bicyclic) bond motifs is 15. The molecule has 0 unspecified atom stereocenters. The van der Waals surface area contributed by atoms with Crippen LogP contribution >= 0.6 is 11.6 Å². The Hall–Kier alpha value is -6.65. The first kappa shape index (κ1) is 40.8. The summed E-state index contributed by atoms with van der Waals surface area (Å²) in [6.45, 7) is 4.88. The van der Waals surface area contributed by atoms with E-state index in [0.29, 0.717) is 100 Å². The van der Waals surface area contributed by atoms with E-state index in [1.54, 1.807) is 47.4 Å². The van der Waals surface area contributed by atoms with Crippen LogP contribution in [0.15, 0.2) is 59.8 Å². The number of carbonyl (C=O) groups excluding carboxylic acids is 4. The highest BCUT2D eigenvalue weighted by Gasteiger charge is 2.45. The zero-order valence-electron chi connectivity index (χ0n) is 36.7. The topological polar surface area (TPSA) is 165 Å². The van der Waals surface area contributed by atoms with Gasteiger partial charge in [0.05, 0.1) is 28.4 Å². The van der Waals surface area contributed by atoms with Crippen molar-refractivity contribution in [2.24, 2.45) is 7.05 Å². The lowest BCUT2D eigenvalue weighted by Crippen LogP contribution is -2.41. The zero-order valence-corrected chi connectivity index (χ0v) is 37.5. The summed E-state index contributed by atoms with van der Waals surface area (Å²) in [4.78, 5) is 78.2. The van der Waals surface area contributed by atoms with Crippen LogP contribution in [0.1, 0.15) is 132 Å². The van der Waals surface area contributed by atoms with Crippen molar-refractivity contribution in [2.75, 3.05) is 41.8 Å². The molecule has 4 aliphatic carbocycles. The average molecular weight is 906 g/mol. The fourth-order valence-corrected chi connectivity index (χ4v) is 12.4. The molecule has 0 spiro atoms. The molecule has 336 valence electrons. The summed E-state index contributed by atoms with van der Waals surface area (Å²) < 4.78 is 7.86. The lowest BCUT2D eigenvalue weighted by Gasteiger charge is -2.30. The van der Waals surface area contributed by atoms with Crippen LogP contribution < -0.4 is 20.7 Å². The Labute approximate surface area is 384 Å². The van der Waals surface area contributed by atoms with E-state index in [9.17, 15) is 24.0 Å². The molecule has 1 N–H and O–H groups in total. The van der Waals surface area contributed by atoms with Gasteiger partial charge in [0.2, 0.25) is 0 Å². The quantitative estimate of drug-likeness (QED) is 0.168. The average Bonchev–Trinajstić information content (AvgIpc) is 4.19. The van der Waals surface area contributed by atoms with Crippen LogP contribution in [0.3, 0.4) is 0 Å². The van der Waals surface area contributed by atoms with Gasteiger partial charge in [-0.3, -0.25) is 43.4 Å². The highest BCUT2D eigenvalue weighted by atomic mass is 35.5. The number of hydrogen-bond donors (Lipinski definition) is 1. The van der Waals surface area contributed by atoms with Gasteiger partial charge in [-0.05, 0) is 104 Å². The molecule has 6 aromatic heterocycles. The molecular formula is C49H48ClN11O5. The molecule has 3 aliphatic heterocycles. The maximum atomic E-state index is 13.8. The van der Waals surface area contributed by atoms with Gasteiger partial charge in [-0.25, -0.2) is 9.97 Å². The monoisotopic (exact) mass is 905 g/mol. The minimum atomic E-state index is -0.210. The smallest absolute Gasteiger partial charge is 0.276 e. The van der Waals surface area contributed by atoms with Crippen molar-refractivity contribution in [2.45, 2.75) is 88.4 Å². The van der Waals surface area contributed by atoms with Crippen molar-refractivity contribution in [3.05, 3.63) is 121 Å². The number of aldehydes is 2. The molecule has 0 radical (unpaired) electrons. The Morgan fingerprint density at radius 2 is 1.29 bits per heavy atom. The lowest BCUT2D eigenvalue weighted by molar-refractivity contribution is 0.0955. The van der Waals surface area contributed by atoms with Crippen molar-refractivity contribution in [1.82, 2.24) is 38.3 Å². The first-order valence-corrected chi connectivity index (χ1v) is 23.3. The third-order valence-electron chi connectivity index (χ3n) is 15.3. The number of aromatic nitrogens is 7. The third kappa shape index (κ3) is 6.28. The first-order chi connectivity index (χ1) is 32.1. The van der Waals surface area contributed by atoms with Gasteiger partial charge in [-0.2, -0.15) is 5.10 Å². The van der Waals surface area contributed by atoms with Crippen LogP contribution in [0.4, 0.5) is 23.1 Å². The van der Waals surface area contributed by atoms with Crippen molar-refractivity contribution in [3.63, 3.8) is 0 Å². The second-order valence-corrected chi connectivity index (χ2v) is 19.3. The second kappa shape index (κ2) is 15.5. The van der Waals surface area contributed by atoms with Crippen LogP contribution in [0.25, 0.3) is 11.1 Å². The predicted octanol–water partition coefficient (Wildman–Crippen LogP) is 6.85. The third-order valence-corrected chi connectivity index (χ3v) is 15.6. The number of nitrogens with zero attached hydrogens (tertiary/aromatic N) is 10. The molecule has 2 amide bonds. The van der Waals surface area contributed by atoms with E-state index < -0.39 is 0 Å². The SMILES string of the molecule is CN1CCn2nc(Nc3cc(-c4ccnc(N5CCn6c(cc7c6[C@H]6CC[C@@H]7C6)C5=O)c4C=O)cn(C)c3=O)cc2C1.O=Cc1c(Cl)ccnc1N1CCn2c(cc3c2[C@H]2CC[C@@H]3C2)C1=O. The predicted molar refractivity (Wildman–Crippen MR) is 248 cm³/mol. The van der Waals surface area contributed by atoms with E-state index >= 15 is 0 Å². The van der Waals surface area contributed by atoms with Crippen LogP contribution in [-0.4, -0.2) is 89.4 Å². The first-order valence-electron chi connectivity index (χ1n) is 23.0. The van der Waals surface area contributed by atoms with E-state index in [1.165, 1.54) is 71.8 Å². The van der Waals surface area contributed by atoms with Gasteiger partial charge < -0.3 is 19.0 Å². The number of nitrogens with one attached hydrogen (secondary N) is 1. The molecule has 66 heavy (non-hydrogen) atoms. The van der Waals surface area contributed by atoms with Crippen molar-refractivity contribution in [1.29, 1.82) is 0 Å². The van der Waals surface area contributed by atoms with Crippen LogP contribution in [0.2, 0.25) is 5.02 Å². The highest BCUT2D eigenvalue weighted by molar-refractivity contribution is 6.33. The molecule has 4 atom stereocenters.